The maximum absolute atomic E-state index is 12.5. The van der Waals surface area contributed by atoms with Crippen molar-refractivity contribution >= 4 is 5.91 Å². The van der Waals surface area contributed by atoms with Gasteiger partial charge in [-0.05, 0) is 55.3 Å². The lowest BCUT2D eigenvalue weighted by Crippen LogP contribution is -2.26. The zero-order chi connectivity index (χ0) is 19.9. The van der Waals surface area contributed by atoms with Crippen molar-refractivity contribution in [3.05, 3.63) is 89.2 Å². The van der Waals surface area contributed by atoms with Crippen LogP contribution in [0, 0.1) is 6.92 Å². The molecular formula is C23H24N2O3. The first kappa shape index (κ1) is 19.4. The van der Waals surface area contributed by atoms with Gasteiger partial charge in [-0.3, -0.25) is 9.78 Å². The van der Waals surface area contributed by atoms with E-state index in [-0.39, 0.29) is 11.9 Å². The van der Waals surface area contributed by atoms with Gasteiger partial charge in [-0.15, -0.1) is 0 Å². The van der Waals surface area contributed by atoms with Gasteiger partial charge in [0.2, 0.25) is 0 Å². The van der Waals surface area contributed by atoms with Gasteiger partial charge < -0.3 is 14.8 Å². The molecule has 1 atom stereocenters. The van der Waals surface area contributed by atoms with Gasteiger partial charge in [0.25, 0.3) is 5.91 Å². The molecule has 0 bridgehead atoms. The van der Waals surface area contributed by atoms with Gasteiger partial charge in [0, 0.05) is 23.5 Å². The van der Waals surface area contributed by atoms with Crippen LogP contribution < -0.4 is 14.8 Å². The van der Waals surface area contributed by atoms with Gasteiger partial charge in [0.1, 0.15) is 18.1 Å². The van der Waals surface area contributed by atoms with Crippen molar-refractivity contribution in [2.45, 2.75) is 26.5 Å². The van der Waals surface area contributed by atoms with Gasteiger partial charge >= 0.3 is 0 Å². The number of nitrogens with one attached hydrogen (secondary N) is 1. The number of carbonyl (C=O) groups excluding carboxylic acids is 1. The zero-order valence-electron chi connectivity index (χ0n) is 16.3. The highest BCUT2D eigenvalue weighted by Gasteiger charge is 2.13. The molecule has 1 unspecified atom stereocenters. The highest BCUT2D eigenvalue weighted by atomic mass is 16.5. The van der Waals surface area contributed by atoms with E-state index in [9.17, 15) is 4.79 Å². The number of aromatic nitrogens is 1. The van der Waals surface area contributed by atoms with Crippen LogP contribution in [0.3, 0.4) is 0 Å². The van der Waals surface area contributed by atoms with E-state index in [1.54, 1.807) is 31.6 Å². The summed E-state index contributed by atoms with van der Waals surface area (Å²) < 4.78 is 11.1. The Morgan fingerprint density at radius 1 is 1.14 bits per heavy atom. The molecule has 1 heterocycles. The monoisotopic (exact) mass is 376 g/mol. The molecule has 0 aliphatic heterocycles. The number of hydrogen-bond acceptors (Lipinski definition) is 4. The summed E-state index contributed by atoms with van der Waals surface area (Å²) in [5.74, 6) is 1.34. The molecule has 1 N–H and O–H groups in total. The van der Waals surface area contributed by atoms with Crippen molar-refractivity contribution in [2.75, 3.05) is 7.11 Å². The third-order valence-electron chi connectivity index (χ3n) is 4.53. The summed E-state index contributed by atoms with van der Waals surface area (Å²) in [6.45, 7) is 4.37. The number of benzene rings is 2. The first-order valence-corrected chi connectivity index (χ1v) is 9.14. The fraction of sp³-hybridized carbons (Fsp3) is 0.217. The summed E-state index contributed by atoms with van der Waals surface area (Å²) in [6.07, 6.45) is 3.52. The Bertz CT molecular complexity index is 924. The van der Waals surface area contributed by atoms with Gasteiger partial charge in [0.15, 0.2) is 0 Å². The summed E-state index contributed by atoms with van der Waals surface area (Å²) in [4.78, 5) is 16.6. The van der Waals surface area contributed by atoms with Crippen LogP contribution in [-0.2, 0) is 6.61 Å². The minimum Gasteiger partial charge on any atom is -0.496 e. The largest absolute Gasteiger partial charge is 0.496 e. The lowest BCUT2D eigenvalue weighted by Gasteiger charge is -2.16. The Morgan fingerprint density at radius 3 is 2.61 bits per heavy atom. The number of aryl methyl sites for hydroxylation is 1. The summed E-state index contributed by atoms with van der Waals surface area (Å²) in [6, 6.07) is 16.9. The standard InChI is InChI=1S/C23H24N2O3/c1-16-6-7-20(13-22(16)27-3)23(26)25-17(2)19-8-10-21(11-9-19)28-15-18-5-4-12-24-14-18/h4-14,17H,15H2,1-3H3,(H,25,26). The van der Waals surface area contributed by atoms with E-state index in [0.717, 1.165) is 22.4 Å². The summed E-state index contributed by atoms with van der Waals surface area (Å²) in [5.41, 5.74) is 3.58. The van der Waals surface area contributed by atoms with E-state index in [0.29, 0.717) is 17.9 Å². The first-order chi connectivity index (χ1) is 13.6. The average Bonchev–Trinajstić information content (AvgIpc) is 2.73. The van der Waals surface area contributed by atoms with Gasteiger partial charge in [-0.2, -0.15) is 0 Å². The molecule has 0 spiro atoms. The number of hydrogen-bond donors (Lipinski definition) is 1. The Labute approximate surface area is 165 Å². The summed E-state index contributed by atoms with van der Waals surface area (Å²) in [7, 11) is 1.60. The maximum Gasteiger partial charge on any atom is 0.251 e. The summed E-state index contributed by atoms with van der Waals surface area (Å²) in [5, 5.41) is 3.02. The van der Waals surface area contributed by atoms with Crippen LogP contribution in [-0.4, -0.2) is 18.0 Å². The molecule has 3 aromatic rings. The van der Waals surface area contributed by atoms with Crippen molar-refractivity contribution < 1.29 is 14.3 Å². The molecule has 0 saturated carbocycles. The van der Waals surface area contributed by atoms with E-state index in [1.807, 2.05) is 56.3 Å². The van der Waals surface area contributed by atoms with Crippen molar-refractivity contribution in [2.24, 2.45) is 0 Å². The summed E-state index contributed by atoms with van der Waals surface area (Å²) >= 11 is 0. The van der Waals surface area contributed by atoms with E-state index < -0.39 is 0 Å². The Balaban J connectivity index is 1.59. The predicted octanol–water partition coefficient (Wildman–Crippen LogP) is 4.47. The molecule has 28 heavy (non-hydrogen) atoms. The number of ether oxygens (including phenoxy) is 2. The quantitative estimate of drug-likeness (QED) is 0.661. The second-order valence-electron chi connectivity index (χ2n) is 6.60. The van der Waals surface area contributed by atoms with E-state index in [2.05, 4.69) is 10.3 Å². The molecule has 1 amide bonds. The number of carbonyl (C=O) groups is 1. The molecule has 144 valence electrons. The smallest absolute Gasteiger partial charge is 0.251 e. The van der Waals surface area contributed by atoms with Crippen LogP contribution in [0.25, 0.3) is 0 Å². The minimum atomic E-state index is -0.136. The van der Waals surface area contributed by atoms with E-state index in [1.165, 1.54) is 0 Å². The van der Waals surface area contributed by atoms with Gasteiger partial charge in [0.05, 0.1) is 13.2 Å². The molecule has 0 aliphatic carbocycles. The molecule has 0 radical (unpaired) electrons. The second-order valence-corrected chi connectivity index (χ2v) is 6.60. The number of amides is 1. The normalized spacial score (nSPS) is 11.5. The number of methoxy groups -OCH3 is 1. The third-order valence-corrected chi connectivity index (χ3v) is 4.53. The van der Waals surface area contributed by atoms with E-state index >= 15 is 0 Å². The van der Waals surface area contributed by atoms with Crippen LogP contribution in [0.5, 0.6) is 11.5 Å². The molecule has 0 aliphatic rings. The van der Waals surface area contributed by atoms with Crippen LogP contribution >= 0.6 is 0 Å². The number of pyridine rings is 1. The fourth-order valence-electron chi connectivity index (χ4n) is 2.83. The maximum atomic E-state index is 12.5. The zero-order valence-corrected chi connectivity index (χ0v) is 16.3. The molecule has 0 fully saturated rings. The second kappa shape index (κ2) is 9.04. The molecule has 2 aromatic carbocycles. The molecule has 0 saturated heterocycles. The first-order valence-electron chi connectivity index (χ1n) is 9.14. The van der Waals surface area contributed by atoms with Gasteiger partial charge in [-0.1, -0.05) is 24.3 Å². The van der Waals surface area contributed by atoms with E-state index in [4.69, 9.17) is 9.47 Å². The van der Waals surface area contributed by atoms with Crippen molar-refractivity contribution in [3.8, 4) is 11.5 Å². The predicted molar refractivity (Wildman–Crippen MR) is 109 cm³/mol. The fourth-order valence-corrected chi connectivity index (χ4v) is 2.83. The molecule has 3 rings (SSSR count). The van der Waals surface area contributed by atoms with Crippen LogP contribution in [0.2, 0.25) is 0 Å². The van der Waals surface area contributed by atoms with Crippen molar-refractivity contribution in [1.82, 2.24) is 10.3 Å². The minimum absolute atomic E-state index is 0.132. The molecular weight excluding hydrogens is 352 g/mol. The molecule has 5 nitrogen and oxygen atoms in total. The highest BCUT2D eigenvalue weighted by molar-refractivity contribution is 5.95. The number of nitrogens with zero attached hydrogens (tertiary/aromatic N) is 1. The highest BCUT2D eigenvalue weighted by Crippen LogP contribution is 2.21. The Kier molecular flexibility index (Phi) is 6.27. The van der Waals surface area contributed by atoms with Crippen LogP contribution in [0.4, 0.5) is 0 Å². The Hall–Kier alpha value is -3.34. The SMILES string of the molecule is COc1cc(C(=O)NC(C)c2ccc(OCc3cccnc3)cc2)ccc1C. The molecule has 5 heteroatoms. The van der Waals surface area contributed by atoms with Crippen LogP contribution in [0.1, 0.15) is 40.0 Å². The topological polar surface area (TPSA) is 60.5 Å². The number of rotatable bonds is 7. The lowest BCUT2D eigenvalue weighted by molar-refractivity contribution is 0.0939. The van der Waals surface area contributed by atoms with Crippen LogP contribution in [0.15, 0.2) is 67.0 Å². The molecule has 1 aromatic heterocycles. The third kappa shape index (κ3) is 4.88. The average molecular weight is 376 g/mol. The van der Waals surface area contributed by atoms with Crippen molar-refractivity contribution in [1.29, 1.82) is 0 Å². The Morgan fingerprint density at radius 2 is 1.93 bits per heavy atom. The lowest BCUT2D eigenvalue weighted by atomic mass is 10.1. The van der Waals surface area contributed by atoms with Crippen molar-refractivity contribution in [3.63, 3.8) is 0 Å². The van der Waals surface area contributed by atoms with Gasteiger partial charge in [-0.25, -0.2) is 0 Å².